The van der Waals surface area contributed by atoms with Gasteiger partial charge in [-0.05, 0) is 11.1 Å². The van der Waals surface area contributed by atoms with Crippen molar-refractivity contribution < 1.29 is 9.53 Å². The minimum Gasteiger partial charge on any atom is -0.369 e. The summed E-state index contributed by atoms with van der Waals surface area (Å²) in [6, 6.07) is 20.1. The van der Waals surface area contributed by atoms with E-state index in [1.54, 1.807) is 7.11 Å². The molecule has 0 saturated carbocycles. The average molecular weight is 267 g/mol. The van der Waals surface area contributed by atoms with Crippen LogP contribution in [0.3, 0.4) is 0 Å². The largest absolute Gasteiger partial charge is 0.369 e. The molecule has 0 unspecified atom stereocenters. The molecular formula is C17H17NO2. The highest BCUT2D eigenvalue weighted by atomic mass is 16.5. The molecule has 1 heterocycles. The number of β-lactam (4-membered cyclic amide) rings is 1. The van der Waals surface area contributed by atoms with E-state index in [0.29, 0.717) is 6.54 Å². The van der Waals surface area contributed by atoms with Crippen LogP contribution in [0.4, 0.5) is 0 Å². The quantitative estimate of drug-likeness (QED) is 0.797. The fraction of sp³-hybridized carbons (Fsp3) is 0.235. The third kappa shape index (κ3) is 2.21. The molecule has 1 fully saturated rings. The smallest absolute Gasteiger partial charge is 0.255 e. The maximum absolute atomic E-state index is 12.2. The van der Waals surface area contributed by atoms with E-state index in [4.69, 9.17) is 4.74 Å². The number of hydrogen-bond donors (Lipinski definition) is 0. The van der Waals surface area contributed by atoms with Gasteiger partial charge in [0.1, 0.15) is 0 Å². The van der Waals surface area contributed by atoms with Gasteiger partial charge in [0.2, 0.25) is 0 Å². The summed E-state index contributed by atoms with van der Waals surface area (Å²) in [5, 5.41) is 0. The summed E-state index contributed by atoms with van der Waals surface area (Å²) in [6.45, 7) is 0.624. The van der Waals surface area contributed by atoms with Crippen LogP contribution in [-0.2, 0) is 16.1 Å². The zero-order valence-electron chi connectivity index (χ0n) is 11.4. The standard InChI is InChI=1S/C17H17NO2/c1-20-16-15(14-10-6-3-7-11-14)18(17(16)19)12-13-8-4-2-5-9-13/h2-11,15-16H,12H2,1H3/t15-,16+/m0/s1. The summed E-state index contributed by atoms with van der Waals surface area (Å²) in [4.78, 5) is 14.1. The molecule has 3 rings (SSSR count). The second-order valence-electron chi connectivity index (χ2n) is 4.96. The minimum absolute atomic E-state index is 0.00825. The van der Waals surface area contributed by atoms with E-state index in [1.807, 2.05) is 65.6 Å². The molecule has 102 valence electrons. The van der Waals surface area contributed by atoms with Crippen molar-refractivity contribution >= 4 is 5.91 Å². The van der Waals surface area contributed by atoms with Crippen molar-refractivity contribution in [3.63, 3.8) is 0 Å². The Labute approximate surface area is 118 Å². The molecule has 20 heavy (non-hydrogen) atoms. The van der Waals surface area contributed by atoms with E-state index in [0.717, 1.165) is 11.1 Å². The Kier molecular flexibility index (Phi) is 3.52. The monoisotopic (exact) mass is 267 g/mol. The summed E-state index contributed by atoms with van der Waals surface area (Å²) < 4.78 is 5.34. The van der Waals surface area contributed by atoms with Crippen LogP contribution in [0.2, 0.25) is 0 Å². The highest BCUT2D eigenvalue weighted by Gasteiger charge is 2.48. The molecule has 2 atom stereocenters. The van der Waals surface area contributed by atoms with Gasteiger partial charge in [-0.2, -0.15) is 0 Å². The Morgan fingerprint density at radius 1 is 1.00 bits per heavy atom. The molecule has 0 aliphatic carbocycles. The molecule has 1 aliphatic rings. The third-order valence-electron chi connectivity index (χ3n) is 3.74. The molecule has 1 amide bonds. The fourth-order valence-corrected chi connectivity index (χ4v) is 2.71. The number of hydrogen-bond acceptors (Lipinski definition) is 2. The maximum atomic E-state index is 12.2. The van der Waals surface area contributed by atoms with Gasteiger partial charge in [0.15, 0.2) is 6.10 Å². The lowest BCUT2D eigenvalue weighted by Crippen LogP contribution is -2.58. The first-order valence-electron chi connectivity index (χ1n) is 6.73. The molecule has 0 N–H and O–H groups in total. The number of ether oxygens (including phenoxy) is 1. The fourth-order valence-electron chi connectivity index (χ4n) is 2.71. The SMILES string of the molecule is CO[C@H]1C(=O)N(Cc2ccccc2)[C@H]1c1ccccc1. The zero-order valence-corrected chi connectivity index (χ0v) is 11.4. The van der Waals surface area contributed by atoms with Gasteiger partial charge < -0.3 is 9.64 Å². The minimum atomic E-state index is -0.360. The Morgan fingerprint density at radius 2 is 1.60 bits per heavy atom. The van der Waals surface area contributed by atoms with Crippen molar-refractivity contribution in [3.8, 4) is 0 Å². The predicted octanol–water partition coefficient (Wildman–Crippen LogP) is 2.79. The number of nitrogens with zero attached hydrogens (tertiary/aromatic N) is 1. The molecular weight excluding hydrogens is 250 g/mol. The summed E-state index contributed by atoms with van der Waals surface area (Å²) in [6.07, 6.45) is -0.360. The third-order valence-corrected chi connectivity index (χ3v) is 3.74. The van der Waals surface area contributed by atoms with Crippen molar-refractivity contribution in [2.75, 3.05) is 7.11 Å². The average Bonchev–Trinajstić information content (AvgIpc) is 2.51. The molecule has 0 bridgehead atoms. The maximum Gasteiger partial charge on any atom is 0.255 e. The second kappa shape index (κ2) is 5.47. The van der Waals surface area contributed by atoms with E-state index in [1.165, 1.54) is 0 Å². The van der Waals surface area contributed by atoms with Gasteiger partial charge in [0, 0.05) is 13.7 Å². The Bertz CT molecular complexity index is 582. The van der Waals surface area contributed by atoms with Gasteiger partial charge in [-0.1, -0.05) is 60.7 Å². The molecule has 2 aromatic carbocycles. The summed E-state index contributed by atoms with van der Waals surface area (Å²) in [7, 11) is 1.60. The van der Waals surface area contributed by atoms with Crippen LogP contribution in [0.15, 0.2) is 60.7 Å². The number of benzene rings is 2. The van der Waals surface area contributed by atoms with E-state index in [9.17, 15) is 4.79 Å². The normalized spacial score (nSPS) is 21.6. The summed E-state index contributed by atoms with van der Waals surface area (Å²) >= 11 is 0. The summed E-state index contributed by atoms with van der Waals surface area (Å²) in [5.41, 5.74) is 2.26. The van der Waals surface area contributed by atoms with Crippen molar-refractivity contribution in [2.24, 2.45) is 0 Å². The molecule has 1 aliphatic heterocycles. The van der Waals surface area contributed by atoms with Crippen LogP contribution >= 0.6 is 0 Å². The van der Waals surface area contributed by atoms with Gasteiger partial charge in [-0.15, -0.1) is 0 Å². The van der Waals surface area contributed by atoms with Crippen molar-refractivity contribution in [3.05, 3.63) is 71.8 Å². The molecule has 0 aromatic heterocycles. The molecule has 3 nitrogen and oxygen atoms in total. The first-order chi connectivity index (χ1) is 9.81. The van der Waals surface area contributed by atoms with Gasteiger partial charge in [-0.3, -0.25) is 4.79 Å². The Hall–Kier alpha value is -2.13. The number of carbonyl (C=O) groups excluding carboxylic acids is 1. The second-order valence-corrected chi connectivity index (χ2v) is 4.96. The molecule has 3 heteroatoms. The zero-order chi connectivity index (χ0) is 13.9. The predicted molar refractivity (Wildman–Crippen MR) is 77.0 cm³/mol. The van der Waals surface area contributed by atoms with Crippen LogP contribution in [0, 0.1) is 0 Å². The topological polar surface area (TPSA) is 29.5 Å². The number of carbonyl (C=O) groups is 1. The van der Waals surface area contributed by atoms with Crippen LogP contribution < -0.4 is 0 Å². The first-order valence-corrected chi connectivity index (χ1v) is 6.73. The van der Waals surface area contributed by atoms with Crippen LogP contribution in [0.25, 0.3) is 0 Å². The number of methoxy groups -OCH3 is 1. The summed E-state index contributed by atoms with van der Waals surface area (Å²) in [5.74, 6) is 0.0604. The molecule has 2 aromatic rings. The van der Waals surface area contributed by atoms with Crippen LogP contribution in [0.1, 0.15) is 17.2 Å². The molecule has 0 spiro atoms. The number of rotatable bonds is 4. The van der Waals surface area contributed by atoms with Crippen molar-refractivity contribution in [1.82, 2.24) is 4.90 Å². The highest BCUT2D eigenvalue weighted by molar-refractivity contribution is 5.88. The lowest BCUT2D eigenvalue weighted by atomic mass is 9.90. The molecule has 1 saturated heterocycles. The lowest BCUT2D eigenvalue weighted by molar-refractivity contribution is -0.172. The van der Waals surface area contributed by atoms with Crippen LogP contribution in [0.5, 0.6) is 0 Å². The first kappa shape index (κ1) is 12.9. The highest BCUT2D eigenvalue weighted by Crippen LogP contribution is 2.37. The van der Waals surface area contributed by atoms with Gasteiger partial charge in [0.25, 0.3) is 5.91 Å². The number of likely N-dealkylation sites (tertiary alicyclic amines) is 1. The van der Waals surface area contributed by atoms with Gasteiger partial charge in [0.05, 0.1) is 6.04 Å². The van der Waals surface area contributed by atoms with E-state index in [-0.39, 0.29) is 18.1 Å². The molecule has 0 radical (unpaired) electrons. The van der Waals surface area contributed by atoms with Gasteiger partial charge >= 0.3 is 0 Å². The van der Waals surface area contributed by atoms with E-state index in [2.05, 4.69) is 0 Å². The van der Waals surface area contributed by atoms with E-state index >= 15 is 0 Å². The lowest BCUT2D eigenvalue weighted by Gasteiger charge is -2.46. The Balaban J connectivity index is 1.84. The van der Waals surface area contributed by atoms with Crippen LogP contribution in [-0.4, -0.2) is 24.0 Å². The van der Waals surface area contributed by atoms with Crippen molar-refractivity contribution in [1.29, 1.82) is 0 Å². The Morgan fingerprint density at radius 3 is 2.20 bits per heavy atom. The number of amides is 1. The van der Waals surface area contributed by atoms with E-state index < -0.39 is 0 Å². The van der Waals surface area contributed by atoms with Gasteiger partial charge in [-0.25, -0.2) is 0 Å². The van der Waals surface area contributed by atoms with Crippen molar-refractivity contribution in [2.45, 2.75) is 18.7 Å².